The number of hydrogen-bond donors (Lipinski definition) is 1. The normalized spacial score (nSPS) is 24.2. The van der Waals surface area contributed by atoms with Crippen LogP contribution in [0.25, 0.3) is 0 Å². The number of amides is 1. The second-order valence-corrected chi connectivity index (χ2v) is 6.33. The zero-order valence-corrected chi connectivity index (χ0v) is 14.3. The van der Waals surface area contributed by atoms with Crippen LogP contribution >= 0.6 is 24.0 Å². The molecular formula is C16H22Cl2N2O2. The second kappa shape index (κ2) is 7.53. The van der Waals surface area contributed by atoms with Gasteiger partial charge < -0.3 is 15.0 Å². The molecule has 0 bridgehead atoms. The maximum Gasteiger partial charge on any atom is 0.257 e. The van der Waals surface area contributed by atoms with Crippen LogP contribution in [0.2, 0.25) is 5.02 Å². The summed E-state index contributed by atoms with van der Waals surface area (Å²) in [5, 5.41) is 4.02. The molecule has 2 saturated heterocycles. The molecule has 0 aliphatic carbocycles. The van der Waals surface area contributed by atoms with E-state index in [0.29, 0.717) is 28.2 Å². The largest absolute Gasteiger partial charge is 0.496 e. The van der Waals surface area contributed by atoms with Crippen LogP contribution in [-0.2, 0) is 0 Å². The highest BCUT2D eigenvalue weighted by Crippen LogP contribution is 2.29. The third-order valence-corrected chi connectivity index (χ3v) is 4.93. The topological polar surface area (TPSA) is 41.6 Å². The number of rotatable bonds is 2. The summed E-state index contributed by atoms with van der Waals surface area (Å²) < 4.78 is 5.30. The zero-order valence-electron chi connectivity index (χ0n) is 12.7. The molecule has 0 radical (unpaired) electrons. The van der Waals surface area contributed by atoms with E-state index < -0.39 is 0 Å². The smallest absolute Gasteiger partial charge is 0.257 e. The summed E-state index contributed by atoms with van der Waals surface area (Å²) >= 11 is 6.03. The number of benzene rings is 1. The van der Waals surface area contributed by atoms with Gasteiger partial charge in [-0.2, -0.15) is 0 Å². The molecule has 22 heavy (non-hydrogen) atoms. The van der Waals surface area contributed by atoms with Crippen molar-refractivity contribution in [1.29, 1.82) is 0 Å². The SMILES string of the molecule is COc1ccc(Cl)cc1C(=O)N1CC[C@@H]2CNC[C@@H]2CC1.Cl. The fourth-order valence-corrected chi connectivity index (χ4v) is 3.61. The van der Waals surface area contributed by atoms with Crippen molar-refractivity contribution in [1.82, 2.24) is 10.2 Å². The molecular weight excluding hydrogens is 323 g/mol. The van der Waals surface area contributed by atoms with Crippen molar-refractivity contribution in [2.75, 3.05) is 33.3 Å². The van der Waals surface area contributed by atoms with E-state index in [2.05, 4.69) is 5.32 Å². The minimum Gasteiger partial charge on any atom is -0.496 e. The van der Waals surface area contributed by atoms with Gasteiger partial charge in [0.1, 0.15) is 5.75 Å². The lowest BCUT2D eigenvalue weighted by Crippen LogP contribution is -2.33. The van der Waals surface area contributed by atoms with Gasteiger partial charge in [-0.05, 0) is 56.0 Å². The van der Waals surface area contributed by atoms with Crippen LogP contribution in [0.1, 0.15) is 23.2 Å². The Bertz CT molecular complexity index is 525. The van der Waals surface area contributed by atoms with Gasteiger partial charge in [0.05, 0.1) is 12.7 Å². The van der Waals surface area contributed by atoms with E-state index >= 15 is 0 Å². The van der Waals surface area contributed by atoms with E-state index in [0.717, 1.165) is 39.0 Å². The molecule has 2 aliphatic heterocycles. The lowest BCUT2D eigenvalue weighted by atomic mass is 9.92. The molecule has 122 valence electrons. The first-order valence-corrected chi connectivity index (χ1v) is 7.90. The van der Waals surface area contributed by atoms with Gasteiger partial charge in [0.15, 0.2) is 0 Å². The van der Waals surface area contributed by atoms with Crippen LogP contribution in [0.15, 0.2) is 18.2 Å². The Hall–Kier alpha value is -0.970. The molecule has 1 aromatic carbocycles. The van der Waals surface area contributed by atoms with E-state index in [9.17, 15) is 4.79 Å². The summed E-state index contributed by atoms with van der Waals surface area (Å²) in [4.78, 5) is 14.7. The molecule has 0 unspecified atom stereocenters. The number of halogens is 2. The van der Waals surface area contributed by atoms with Gasteiger partial charge in [-0.25, -0.2) is 0 Å². The minimum atomic E-state index is 0. The average molecular weight is 345 g/mol. The van der Waals surface area contributed by atoms with Gasteiger partial charge in [-0.15, -0.1) is 12.4 Å². The maximum atomic E-state index is 12.8. The van der Waals surface area contributed by atoms with Crippen LogP contribution in [0.5, 0.6) is 5.75 Å². The standard InChI is InChI=1S/C16H21ClN2O2.ClH/c1-21-15-3-2-13(17)8-14(15)16(20)19-6-4-11-9-18-10-12(11)5-7-19;/h2-3,8,11-12,18H,4-7,9-10H2,1H3;1H/t11-,12+;. The molecule has 1 amide bonds. The van der Waals surface area contributed by atoms with Crippen LogP contribution in [0.4, 0.5) is 0 Å². The van der Waals surface area contributed by atoms with Gasteiger partial charge in [-0.1, -0.05) is 11.6 Å². The molecule has 3 rings (SSSR count). The Morgan fingerprint density at radius 3 is 2.50 bits per heavy atom. The van der Waals surface area contributed by atoms with Crippen LogP contribution in [0, 0.1) is 11.8 Å². The van der Waals surface area contributed by atoms with E-state index in [1.807, 2.05) is 4.90 Å². The lowest BCUT2D eigenvalue weighted by Gasteiger charge is -2.22. The predicted octanol–water partition coefficient (Wildman–Crippen LogP) is 2.84. The van der Waals surface area contributed by atoms with Gasteiger partial charge in [-0.3, -0.25) is 4.79 Å². The van der Waals surface area contributed by atoms with E-state index in [4.69, 9.17) is 16.3 Å². The van der Waals surface area contributed by atoms with Crippen molar-refractivity contribution < 1.29 is 9.53 Å². The quantitative estimate of drug-likeness (QED) is 0.896. The van der Waals surface area contributed by atoms with Crippen LogP contribution in [-0.4, -0.2) is 44.1 Å². The minimum absolute atomic E-state index is 0. The predicted molar refractivity (Wildman–Crippen MR) is 90.2 cm³/mol. The zero-order chi connectivity index (χ0) is 14.8. The Kier molecular flexibility index (Phi) is 5.95. The van der Waals surface area contributed by atoms with Crippen LogP contribution in [0.3, 0.4) is 0 Å². The number of nitrogens with one attached hydrogen (secondary N) is 1. The lowest BCUT2D eigenvalue weighted by molar-refractivity contribution is 0.0755. The van der Waals surface area contributed by atoms with Crippen molar-refractivity contribution >= 4 is 29.9 Å². The fraction of sp³-hybridized carbons (Fsp3) is 0.562. The number of ether oxygens (including phenoxy) is 1. The Morgan fingerprint density at radius 1 is 1.27 bits per heavy atom. The van der Waals surface area contributed by atoms with Gasteiger partial charge in [0.2, 0.25) is 0 Å². The summed E-state index contributed by atoms with van der Waals surface area (Å²) in [6, 6.07) is 5.21. The van der Waals surface area contributed by atoms with Gasteiger partial charge in [0, 0.05) is 18.1 Å². The average Bonchev–Trinajstić information content (AvgIpc) is 2.85. The fourth-order valence-electron chi connectivity index (χ4n) is 3.44. The van der Waals surface area contributed by atoms with Crippen molar-refractivity contribution in [2.24, 2.45) is 11.8 Å². The highest BCUT2D eigenvalue weighted by molar-refractivity contribution is 6.31. The number of likely N-dealkylation sites (tertiary alicyclic amines) is 1. The second-order valence-electron chi connectivity index (χ2n) is 5.89. The molecule has 4 nitrogen and oxygen atoms in total. The van der Waals surface area contributed by atoms with E-state index in [1.54, 1.807) is 25.3 Å². The molecule has 1 N–H and O–H groups in total. The summed E-state index contributed by atoms with van der Waals surface area (Å²) in [6.45, 7) is 3.81. The maximum absolute atomic E-state index is 12.8. The highest BCUT2D eigenvalue weighted by Gasteiger charge is 2.32. The van der Waals surface area contributed by atoms with E-state index in [1.165, 1.54) is 0 Å². The summed E-state index contributed by atoms with van der Waals surface area (Å²) in [6.07, 6.45) is 2.15. The van der Waals surface area contributed by atoms with Crippen molar-refractivity contribution in [3.8, 4) is 5.75 Å². The molecule has 0 aromatic heterocycles. The Balaban J connectivity index is 0.00000176. The first kappa shape index (κ1) is 17.4. The first-order chi connectivity index (χ1) is 10.2. The molecule has 2 heterocycles. The highest BCUT2D eigenvalue weighted by atomic mass is 35.5. The molecule has 6 heteroatoms. The monoisotopic (exact) mass is 344 g/mol. The number of hydrogen-bond acceptors (Lipinski definition) is 3. The third-order valence-electron chi connectivity index (χ3n) is 4.70. The van der Waals surface area contributed by atoms with Crippen molar-refractivity contribution in [3.05, 3.63) is 28.8 Å². The van der Waals surface area contributed by atoms with Gasteiger partial charge in [0.25, 0.3) is 5.91 Å². The summed E-state index contributed by atoms with van der Waals surface area (Å²) in [5.74, 6) is 2.05. The first-order valence-electron chi connectivity index (χ1n) is 7.52. The summed E-state index contributed by atoms with van der Waals surface area (Å²) in [5.41, 5.74) is 0.565. The molecule has 0 saturated carbocycles. The Morgan fingerprint density at radius 2 is 1.91 bits per heavy atom. The third kappa shape index (κ3) is 3.50. The molecule has 2 fully saturated rings. The molecule has 1 aromatic rings. The summed E-state index contributed by atoms with van der Waals surface area (Å²) in [7, 11) is 1.58. The van der Waals surface area contributed by atoms with Crippen molar-refractivity contribution in [2.45, 2.75) is 12.8 Å². The Labute approximate surface area is 142 Å². The van der Waals surface area contributed by atoms with Crippen LogP contribution < -0.4 is 10.1 Å². The van der Waals surface area contributed by atoms with E-state index in [-0.39, 0.29) is 18.3 Å². The van der Waals surface area contributed by atoms with Gasteiger partial charge >= 0.3 is 0 Å². The number of carbonyl (C=O) groups is 1. The molecule has 2 aliphatic rings. The number of carbonyl (C=O) groups excluding carboxylic acids is 1. The molecule has 0 spiro atoms. The number of fused-ring (bicyclic) bond motifs is 1. The number of nitrogens with zero attached hydrogens (tertiary/aromatic N) is 1. The number of methoxy groups -OCH3 is 1. The molecule has 2 atom stereocenters. The van der Waals surface area contributed by atoms with Crippen molar-refractivity contribution in [3.63, 3.8) is 0 Å².